The van der Waals surface area contributed by atoms with Gasteiger partial charge in [0.2, 0.25) is 0 Å². The lowest BCUT2D eigenvalue weighted by atomic mass is 10.1. The first-order valence-electron chi connectivity index (χ1n) is 9.64. The summed E-state index contributed by atoms with van der Waals surface area (Å²) in [5, 5.41) is 2.78. The second-order valence-corrected chi connectivity index (χ2v) is 6.43. The second-order valence-electron chi connectivity index (χ2n) is 6.43. The van der Waals surface area contributed by atoms with Crippen molar-refractivity contribution in [1.82, 2.24) is 5.32 Å². The third-order valence-electron chi connectivity index (χ3n) is 4.39. The van der Waals surface area contributed by atoms with E-state index in [1.165, 1.54) is 0 Å². The molecule has 0 spiro atoms. The van der Waals surface area contributed by atoms with Crippen molar-refractivity contribution in [1.29, 1.82) is 0 Å². The Hall–Kier alpha value is -3.53. The fraction of sp³-hybridized carbons (Fsp3) is 0.160. The van der Waals surface area contributed by atoms with Gasteiger partial charge in [-0.05, 0) is 48.4 Å². The molecule has 0 heterocycles. The molecule has 0 radical (unpaired) electrons. The molecule has 148 valence electrons. The molecular weight excluding hydrogens is 362 g/mol. The molecule has 0 atom stereocenters. The van der Waals surface area contributed by atoms with Gasteiger partial charge in [-0.15, -0.1) is 6.58 Å². The van der Waals surface area contributed by atoms with Gasteiger partial charge in [0.25, 0.3) is 5.91 Å². The number of hydrogen-bond acceptors (Lipinski definition) is 3. The van der Waals surface area contributed by atoms with Gasteiger partial charge in [-0.1, -0.05) is 48.5 Å². The lowest BCUT2D eigenvalue weighted by molar-refractivity contribution is 0.0958. The minimum atomic E-state index is -0.151. The lowest BCUT2D eigenvalue weighted by Crippen LogP contribution is -2.23. The fourth-order valence-corrected chi connectivity index (χ4v) is 2.93. The molecule has 3 aromatic rings. The summed E-state index contributed by atoms with van der Waals surface area (Å²) in [6.07, 6.45) is 1.65. The van der Waals surface area contributed by atoms with Gasteiger partial charge in [-0.2, -0.15) is 0 Å². The van der Waals surface area contributed by atoms with Crippen LogP contribution < -0.4 is 14.8 Å². The van der Waals surface area contributed by atoms with Crippen molar-refractivity contribution in [2.45, 2.75) is 13.5 Å². The van der Waals surface area contributed by atoms with Crippen LogP contribution in [0.2, 0.25) is 0 Å². The Balaban J connectivity index is 1.72. The first kappa shape index (κ1) is 20.2. The summed E-state index contributed by atoms with van der Waals surface area (Å²) < 4.78 is 11.6. The van der Waals surface area contributed by atoms with Crippen LogP contribution in [0.3, 0.4) is 0 Å². The SMILES string of the molecule is C=CCNC(=O)c1ccc(OCC)c(COc2ccc(-c3ccccc3)cc2)c1. The summed E-state index contributed by atoms with van der Waals surface area (Å²) in [6.45, 7) is 6.82. The standard InChI is InChI=1S/C25H25NO3/c1-3-16-26-25(27)21-12-15-24(28-4-2)22(17-21)18-29-23-13-10-20(11-14-23)19-8-6-5-7-9-19/h3,5-15,17H,1,4,16,18H2,2H3,(H,26,27). The third-order valence-corrected chi connectivity index (χ3v) is 4.39. The van der Waals surface area contributed by atoms with Crippen LogP contribution in [0.25, 0.3) is 11.1 Å². The van der Waals surface area contributed by atoms with Crippen LogP contribution >= 0.6 is 0 Å². The van der Waals surface area contributed by atoms with Crippen LogP contribution in [-0.4, -0.2) is 19.1 Å². The summed E-state index contributed by atoms with van der Waals surface area (Å²) in [6, 6.07) is 23.5. The molecule has 0 saturated heterocycles. The van der Waals surface area contributed by atoms with Gasteiger partial charge in [0.15, 0.2) is 0 Å². The van der Waals surface area contributed by atoms with E-state index in [9.17, 15) is 4.79 Å². The molecule has 3 aromatic carbocycles. The summed E-state index contributed by atoms with van der Waals surface area (Å²) in [4.78, 5) is 12.2. The maximum atomic E-state index is 12.2. The van der Waals surface area contributed by atoms with Gasteiger partial charge in [-0.3, -0.25) is 4.79 Å². The molecule has 1 amide bonds. The van der Waals surface area contributed by atoms with Crippen molar-refractivity contribution in [3.8, 4) is 22.6 Å². The highest BCUT2D eigenvalue weighted by Crippen LogP contribution is 2.25. The average Bonchev–Trinajstić information content (AvgIpc) is 2.78. The molecule has 0 unspecified atom stereocenters. The van der Waals surface area contributed by atoms with Crippen molar-refractivity contribution in [3.63, 3.8) is 0 Å². The molecule has 0 aromatic heterocycles. The molecule has 0 fully saturated rings. The number of rotatable bonds is 9. The van der Waals surface area contributed by atoms with Crippen LogP contribution in [0.1, 0.15) is 22.8 Å². The predicted molar refractivity (Wildman–Crippen MR) is 116 cm³/mol. The monoisotopic (exact) mass is 387 g/mol. The Morgan fingerprint density at radius 1 is 0.966 bits per heavy atom. The largest absolute Gasteiger partial charge is 0.493 e. The van der Waals surface area contributed by atoms with Gasteiger partial charge < -0.3 is 14.8 Å². The normalized spacial score (nSPS) is 10.2. The Morgan fingerprint density at radius 2 is 1.69 bits per heavy atom. The molecule has 4 nitrogen and oxygen atoms in total. The van der Waals surface area contributed by atoms with Gasteiger partial charge in [-0.25, -0.2) is 0 Å². The van der Waals surface area contributed by atoms with Crippen LogP contribution in [0, 0.1) is 0 Å². The number of nitrogens with one attached hydrogen (secondary N) is 1. The van der Waals surface area contributed by atoms with Crippen LogP contribution in [-0.2, 0) is 6.61 Å². The number of amides is 1. The fourth-order valence-electron chi connectivity index (χ4n) is 2.93. The Bertz CT molecular complexity index is 950. The van der Waals surface area contributed by atoms with E-state index in [1.54, 1.807) is 12.1 Å². The highest BCUT2D eigenvalue weighted by Gasteiger charge is 2.11. The summed E-state index contributed by atoms with van der Waals surface area (Å²) in [5.41, 5.74) is 3.68. The first-order chi connectivity index (χ1) is 14.2. The van der Waals surface area contributed by atoms with E-state index in [-0.39, 0.29) is 5.91 Å². The van der Waals surface area contributed by atoms with Crippen LogP contribution in [0.5, 0.6) is 11.5 Å². The molecule has 3 rings (SSSR count). The van der Waals surface area contributed by atoms with E-state index in [1.807, 2.05) is 61.5 Å². The second kappa shape index (κ2) is 10.1. The van der Waals surface area contributed by atoms with Gasteiger partial charge in [0.05, 0.1) is 6.61 Å². The van der Waals surface area contributed by atoms with Gasteiger partial charge in [0, 0.05) is 17.7 Å². The Kier molecular flexibility index (Phi) is 7.06. The van der Waals surface area contributed by atoms with Crippen LogP contribution in [0.4, 0.5) is 0 Å². The number of hydrogen-bond donors (Lipinski definition) is 1. The zero-order chi connectivity index (χ0) is 20.5. The lowest BCUT2D eigenvalue weighted by Gasteiger charge is -2.13. The number of ether oxygens (including phenoxy) is 2. The maximum Gasteiger partial charge on any atom is 0.251 e. The molecular formula is C25H25NO3. The number of benzene rings is 3. The van der Waals surface area contributed by atoms with Crippen LogP contribution in [0.15, 0.2) is 85.5 Å². The zero-order valence-corrected chi connectivity index (χ0v) is 16.6. The minimum Gasteiger partial charge on any atom is -0.493 e. The smallest absolute Gasteiger partial charge is 0.251 e. The Labute approximate surface area is 171 Å². The topological polar surface area (TPSA) is 47.6 Å². The summed E-state index contributed by atoms with van der Waals surface area (Å²) in [7, 11) is 0. The van der Waals surface area contributed by atoms with Crippen molar-refractivity contribution < 1.29 is 14.3 Å². The quantitative estimate of drug-likeness (QED) is 0.510. The zero-order valence-electron chi connectivity index (χ0n) is 16.6. The molecule has 0 saturated carbocycles. The molecule has 29 heavy (non-hydrogen) atoms. The maximum absolute atomic E-state index is 12.2. The van der Waals surface area contributed by atoms with E-state index >= 15 is 0 Å². The number of carbonyl (C=O) groups is 1. The van der Waals surface area contributed by atoms with Crippen molar-refractivity contribution >= 4 is 5.91 Å². The molecule has 0 aliphatic rings. The molecule has 4 heteroatoms. The Morgan fingerprint density at radius 3 is 2.38 bits per heavy atom. The third kappa shape index (κ3) is 5.48. The van der Waals surface area contributed by atoms with Crippen molar-refractivity contribution in [2.75, 3.05) is 13.2 Å². The van der Waals surface area contributed by atoms with Gasteiger partial charge in [0.1, 0.15) is 18.1 Å². The molecule has 0 bridgehead atoms. The molecule has 0 aliphatic carbocycles. The summed E-state index contributed by atoms with van der Waals surface area (Å²) >= 11 is 0. The number of carbonyl (C=O) groups excluding carboxylic acids is 1. The molecule has 0 aliphatic heterocycles. The van der Waals surface area contributed by atoms with Crippen molar-refractivity contribution in [3.05, 3.63) is 96.6 Å². The van der Waals surface area contributed by atoms with E-state index in [0.29, 0.717) is 31.1 Å². The van der Waals surface area contributed by atoms with E-state index in [2.05, 4.69) is 24.0 Å². The molecule has 1 N–H and O–H groups in total. The summed E-state index contributed by atoms with van der Waals surface area (Å²) in [5.74, 6) is 1.32. The first-order valence-corrected chi connectivity index (χ1v) is 9.64. The van der Waals surface area contributed by atoms with E-state index < -0.39 is 0 Å². The highest BCUT2D eigenvalue weighted by molar-refractivity contribution is 5.94. The minimum absolute atomic E-state index is 0.151. The van der Waals surface area contributed by atoms with E-state index in [0.717, 1.165) is 22.4 Å². The van der Waals surface area contributed by atoms with E-state index in [4.69, 9.17) is 9.47 Å². The van der Waals surface area contributed by atoms with Gasteiger partial charge >= 0.3 is 0 Å². The predicted octanol–water partition coefficient (Wildman–Crippen LogP) is 5.25. The average molecular weight is 387 g/mol. The highest BCUT2D eigenvalue weighted by atomic mass is 16.5. The van der Waals surface area contributed by atoms with Crippen molar-refractivity contribution in [2.24, 2.45) is 0 Å².